The molecule has 1 aliphatic rings. The second-order valence-corrected chi connectivity index (χ2v) is 4.65. The molecule has 1 aliphatic heterocycles. The summed E-state index contributed by atoms with van der Waals surface area (Å²) in [6.45, 7) is 0.887. The zero-order chi connectivity index (χ0) is 13.7. The molecule has 2 rings (SSSR count). The fourth-order valence-corrected chi connectivity index (χ4v) is 2.19. The van der Waals surface area contributed by atoms with Gasteiger partial charge in [0, 0.05) is 12.7 Å². The van der Waals surface area contributed by atoms with Crippen LogP contribution in [0.5, 0.6) is 0 Å². The summed E-state index contributed by atoms with van der Waals surface area (Å²) in [5.41, 5.74) is 1.54. The van der Waals surface area contributed by atoms with Crippen LogP contribution in [0.25, 0.3) is 0 Å². The maximum atomic E-state index is 12.0. The van der Waals surface area contributed by atoms with E-state index in [0.29, 0.717) is 5.69 Å². The Bertz CT molecular complexity index is 468. The van der Waals surface area contributed by atoms with Crippen LogP contribution in [-0.2, 0) is 16.0 Å². The molecule has 5 heteroatoms. The first-order valence-corrected chi connectivity index (χ1v) is 6.53. The molecule has 0 bridgehead atoms. The zero-order valence-corrected chi connectivity index (χ0v) is 11.0. The van der Waals surface area contributed by atoms with Gasteiger partial charge in [-0.15, -0.1) is 0 Å². The van der Waals surface area contributed by atoms with E-state index in [2.05, 4.69) is 16.0 Å². The molecule has 102 valence electrons. The molecular formula is C14H19N3O2. The second kappa shape index (κ2) is 6.33. The molecule has 1 heterocycles. The molecule has 0 aliphatic carbocycles. The molecule has 0 spiro atoms. The molecule has 1 unspecified atom stereocenters. The largest absolute Gasteiger partial charge is 0.359 e. The molecule has 0 aromatic heterocycles. The van der Waals surface area contributed by atoms with E-state index in [1.54, 1.807) is 7.05 Å². The number of carbonyl (C=O) groups is 2. The Labute approximate surface area is 112 Å². The van der Waals surface area contributed by atoms with Crippen molar-refractivity contribution in [2.75, 3.05) is 18.9 Å². The van der Waals surface area contributed by atoms with Crippen LogP contribution >= 0.6 is 0 Å². The Morgan fingerprint density at radius 1 is 1.37 bits per heavy atom. The number of hydrogen-bond donors (Lipinski definition) is 3. The van der Waals surface area contributed by atoms with Gasteiger partial charge >= 0.3 is 0 Å². The molecule has 5 nitrogen and oxygen atoms in total. The summed E-state index contributed by atoms with van der Waals surface area (Å²) < 4.78 is 0. The minimum Gasteiger partial charge on any atom is -0.359 e. The first kappa shape index (κ1) is 13.5. The second-order valence-electron chi connectivity index (χ2n) is 4.65. The molecule has 1 atom stereocenters. The zero-order valence-electron chi connectivity index (χ0n) is 11.0. The van der Waals surface area contributed by atoms with Gasteiger partial charge in [-0.1, -0.05) is 18.2 Å². The molecule has 0 saturated carbocycles. The highest BCUT2D eigenvalue weighted by Crippen LogP contribution is 2.17. The van der Waals surface area contributed by atoms with E-state index in [0.717, 1.165) is 24.9 Å². The fourth-order valence-electron chi connectivity index (χ4n) is 2.19. The van der Waals surface area contributed by atoms with Gasteiger partial charge in [-0.25, -0.2) is 0 Å². The number of hydrogen-bond acceptors (Lipinski definition) is 3. The van der Waals surface area contributed by atoms with Gasteiger partial charge in [-0.05, 0) is 31.0 Å². The highest BCUT2D eigenvalue weighted by molar-refractivity contribution is 5.96. The van der Waals surface area contributed by atoms with Crippen LogP contribution in [0, 0.1) is 0 Å². The number of anilines is 1. The maximum absolute atomic E-state index is 12.0. The van der Waals surface area contributed by atoms with Crippen LogP contribution in [0.15, 0.2) is 24.3 Å². The van der Waals surface area contributed by atoms with Crippen molar-refractivity contribution in [1.82, 2.24) is 10.6 Å². The van der Waals surface area contributed by atoms with E-state index in [9.17, 15) is 9.59 Å². The summed E-state index contributed by atoms with van der Waals surface area (Å²) in [4.78, 5) is 23.5. The van der Waals surface area contributed by atoms with Crippen molar-refractivity contribution in [2.24, 2.45) is 0 Å². The van der Waals surface area contributed by atoms with E-state index in [-0.39, 0.29) is 24.3 Å². The first-order valence-electron chi connectivity index (χ1n) is 6.53. The molecule has 1 saturated heterocycles. The minimum absolute atomic E-state index is 0.0261. The number of rotatable bonds is 4. The van der Waals surface area contributed by atoms with Crippen LogP contribution in [0.2, 0.25) is 0 Å². The third kappa shape index (κ3) is 3.54. The Kier molecular flexibility index (Phi) is 4.52. The molecular weight excluding hydrogens is 242 g/mol. The topological polar surface area (TPSA) is 70.2 Å². The number of amides is 2. The number of nitrogens with one attached hydrogen (secondary N) is 3. The van der Waals surface area contributed by atoms with Crippen LogP contribution in [0.4, 0.5) is 5.69 Å². The summed E-state index contributed by atoms with van der Waals surface area (Å²) in [6.07, 6.45) is 2.16. The molecule has 1 fully saturated rings. The normalized spacial score (nSPS) is 18.1. The van der Waals surface area contributed by atoms with E-state index < -0.39 is 0 Å². The molecule has 1 aromatic rings. The predicted octanol–water partition coefficient (Wildman–Crippen LogP) is 0.666. The summed E-state index contributed by atoms with van der Waals surface area (Å²) in [5.74, 6) is -0.0949. The van der Waals surface area contributed by atoms with Crippen LogP contribution < -0.4 is 16.0 Å². The van der Waals surface area contributed by atoms with Gasteiger partial charge in [0.05, 0.1) is 12.5 Å². The van der Waals surface area contributed by atoms with Crippen LogP contribution in [0.3, 0.4) is 0 Å². The highest BCUT2D eigenvalue weighted by atomic mass is 16.2. The number of para-hydroxylation sites is 1. The standard InChI is InChI=1S/C14H19N3O2/c1-15-13(18)9-10-5-2-3-6-11(10)17-14(19)12-7-4-8-16-12/h2-3,5-6,12,16H,4,7-9H2,1H3,(H,15,18)(H,17,19). The maximum Gasteiger partial charge on any atom is 0.241 e. The molecule has 0 radical (unpaired) electrons. The van der Waals surface area contributed by atoms with Crippen molar-refractivity contribution in [3.8, 4) is 0 Å². The summed E-state index contributed by atoms with van der Waals surface area (Å²) in [5, 5.41) is 8.64. The lowest BCUT2D eigenvalue weighted by atomic mass is 10.1. The van der Waals surface area contributed by atoms with Crippen LogP contribution in [-0.4, -0.2) is 31.4 Å². The van der Waals surface area contributed by atoms with Gasteiger partial charge in [0.1, 0.15) is 0 Å². The highest BCUT2D eigenvalue weighted by Gasteiger charge is 2.22. The van der Waals surface area contributed by atoms with Gasteiger partial charge in [0.25, 0.3) is 0 Å². The average Bonchev–Trinajstić information content (AvgIpc) is 2.95. The third-order valence-electron chi connectivity index (χ3n) is 3.28. The lowest BCUT2D eigenvalue weighted by molar-refractivity contribution is -0.120. The first-order chi connectivity index (χ1) is 9.20. The van der Waals surface area contributed by atoms with Gasteiger partial charge in [-0.3, -0.25) is 9.59 Å². The van der Waals surface area contributed by atoms with Gasteiger partial charge in [-0.2, -0.15) is 0 Å². The SMILES string of the molecule is CNC(=O)Cc1ccccc1NC(=O)C1CCCN1. The van der Waals surface area contributed by atoms with Crippen molar-refractivity contribution >= 4 is 17.5 Å². The molecule has 1 aromatic carbocycles. The van der Waals surface area contributed by atoms with Crippen molar-refractivity contribution in [1.29, 1.82) is 0 Å². The smallest absolute Gasteiger partial charge is 0.241 e. The minimum atomic E-state index is -0.118. The third-order valence-corrected chi connectivity index (χ3v) is 3.28. The lowest BCUT2D eigenvalue weighted by Gasteiger charge is -2.14. The Balaban J connectivity index is 2.06. The van der Waals surface area contributed by atoms with Gasteiger partial charge in [0.2, 0.25) is 11.8 Å². The molecule has 3 N–H and O–H groups in total. The summed E-state index contributed by atoms with van der Waals surface area (Å²) >= 11 is 0. The lowest BCUT2D eigenvalue weighted by Crippen LogP contribution is -2.35. The van der Waals surface area contributed by atoms with Crippen molar-refractivity contribution in [3.63, 3.8) is 0 Å². The molecule has 19 heavy (non-hydrogen) atoms. The Hall–Kier alpha value is -1.88. The number of likely N-dealkylation sites (N-methyl/N-ethyl adjacent to an activating group) is 1. The number of carbonyl (C=O) groups excluding carboxylic acids is 2. The van der Waals surface area contributed by atoms with Crippen LogP contribution in [0.1, 0.15) is 18.4 Å². The Morgan fingerprint density at radius 2 is 2.16 bits per heavy atom. The average molecular weight is 261 g/mol. The van der Waals surface area contributed by atoms with E-state index in [1.807, 2.05) is 24.3 Å². The summed E-state index contributed by atoms with van der Waals surface area (Å²) in [6, 6.07) is 7.28. The van der Waals surface area contributed by atoms with Crippen molar-refractivity contribution in [3.05, 3.63) is 29.8 Å². The van der Waals surface area contributed by atoms with Gasteiger partial charge < -0.3 is 16.0 Å². The monoisotopic (exact) mass is 261 g/mol. The summed E-state index contributed by atoms with van der Waals surface area (Å²) in [7, 11) is 1.60. The number of benzene rings is 1. The fraction of sp³-hybridized carbons (Fsp3) is 0.429. The van der Waals surface area contributed by atoms with Gasteiger partial charge in [0.15, 0.2) is 0 Å². The van der Waals surface area contributed by atoms with E-state index in [1.165, 1.54) is 0 Å². The van der Waals surface area contributed by atoms with Crippen molar-refractivity contribution in [2.45, 2.75) is 25.3 Å². The quantitative estimate of drug-likeness (QED) is 0.746. The van der Waals surface area contributed by atoms with E-state index >= 15 is 0 Å². The predicted molar refractivity (Wildman–Crippen MR) is 73.9 cm³/mol. The van der Waals surface area contributed by atoms with E-state index in [4.69, 9.17) is 0 Å². The van der Waals surface area contributed by atoms with Crippen molar-refractivity contribution < 1.29 is 9.59 Å². The molecule has 2 amide bonds. The Morgan fingerprint density at radius 3 is 2.84 bits per heavy atom.